The summed E-state index contributed by atoms with van der Waals surface area (Å²) in [5.74, 6) is 0.558. The molecule has 0 saturated heterocycles. The Morgan fingerprint density at radius 3 is 2.42 bits per heavy atom. The zero-order valence-electron chi connectivity index (χ0n) is 10.9. The zero-order chi connectivity index (χ0) is 13.8. The minimum absolute atomic E-state index is 0.198. The van der Waals surface area contributed by atoms with E-state index in [1.807, 2.05) is 31.2 Å². The number of benzene rings is 2. The molecule has 0 radical (unpaired) electrons. The summed E-state index contributed by atoms with van der Waals surface area (Å²) in [6.45, 7) is 1.85. The van der Waals surface area contributed by atoms with E-state index in [0.29, 0.717) is 0 Å². The molecule has 100 valence electrons. The highest BCUT2D eigenvalue weighted by Gasteiger charge is 2.09. The molecular weight excluding hydrogens is 261 g/mol. The van der Waals surface area contributed by atoms with Crippen molar-refractivity contribution in [2.24, 2.45) is 5.73 Å². The van der Waals surface area contributed by atoms with Gasteiger partial charge < -0.3 is 10.5 Å². The van der Waals surface area contributed by atoms with Gasteiger partial charge in [-0.05, 0) is 55.0 Å². The molecule has 0 aliphatic rings. The highest BCUT2D eigenvalue weighted by Crippen LogP contribution is 2.33. The summed E-state index contributed by atoms with van der Waals surface area (Å²) in [6, 6.07) is 12.3. The molecule has 2 aromatic carbocycles. The highest BCUT2D eigenvalue weighted by molar-refractivity contribution is 7.99. The second-order valence-electron chi connectivity index (χ2n) is 4.25. The largest absolute Gasteiger partial charge is 0.497 e. The molecule has 0 unspecified atom stereocenters. The first-order valence-corrected chi connectivity index (χ1v) is 6.78. The molecule has 0 heterocycles. The van der Waals surface area contributed by atoms with Gasteiger partial charge in [0.05, 0.1) is 7.11 Å². The molecule has 0 fully saturated rings. The zero-order valence-corrected chi connectivity index (χ0v) is 11.7. The third-order valence-corrected chi connectivity index (χ3v) is 3.85. The van der Waals surface area contributed by atoms with Gasteiger partial charge in [-0.15, -0.1) is 0 Å². The molecule has 2 N–H and O–H groups in total. The van der Waals surface area contributed by atoms with Crippen LogP contribution in [0.25, 0.3) is 0 Å². The van der Waals surface area contributed by atoms with Crippen LogP contribution in [0.1, 0.15) is 18.5 Å². The van der Waals surface area contributed by atoms with Gasteiger partial charge in [-0.2, -0.15) is 0 Å². The predicted octanol–water partition coefficient (Wildman–Crippen LogP) is 4.01. The van der Waals surface area contributed by atoms with Gasteiger partial charge >= 0.3 is 0 Å². The van der Waals surface area contributed by atoms with Crippen LogP contribution in [0, 0.1) is 5.82 Å². The fourth-order valence-electron chi connectivity index (χ4n) is 1.74. The van der Waals surface area contributed by atoms with Crippen molar-refractivity contribution in [1.29, 1.82) is 0 Å². The summed E-state index contributed by atoms with van der Waals surface area (Å²) in [4.78, 5) is 2.04. The van der Waals surface area contributed by atoms with Gasteiger partial charge in [0, 0.05) is 15.8 Å². The van der Waals surface area contributed by atoms with Gasteiger partial charge in [0.1, 0.15) is 11.6 Å². The number of nitrogens with two attached hydrogens (primary N) is 1. The molecule has 0 bridgehead atoms. The van der Waals surface area contributed by atoms with Gasteiger partial charge in [-0.25, -0.2) is 4.39 Å². The number of hydrogen-bond acceptors (Lipinski definition) is 3. The first-order valence-electron chi connectivity index (χ1n) is 5.97. The van der Waals surface area contributed by atoms with E-state index >= 15 is 0 Å². The molecule has 2 nitrogen and oxygen atoms in total. The van der Waals surface area contributed by atoms with Crippen molar-refractivity contribution < 1.29 is 9.13 Å². The molecular formula is C15H16FNOS. The Labute approximate surface area is 116 Å². The van der Waals surface area contributed by atoms with Gasteiger partial charge in [-0.3, -0.25) is 0 Å². The van der Waals surface area contributed by atoms with Crippen molar-refractivity contribution in [3.63, 3.8) is 0 Å². The Morgan fingerprint density at radius 2 is 1.84 bits per heavy atom. The summed E-state index contributed by atoms with van der Waals surface area (Å²) >= 11 is 1.57. The Morgan fingerprint density at radius 1 is 1.16 bits per heavy atom. The van der Waals surface area contributed by atoms with Crippen molar-refractivity contribution in [1.82, 2.24) is 0 Å². The minimum Gasteiger partial charge on any atom is -0.497 e. The standard InChI is InChI=1S/C15H16FNOS/c1-10(17)14-9-11(16)3-8-15(14)19-13-6-4-12(18-2)5-7-13/h3-10H,17H2,1-2H3/t10-/m0/s1. The number of hydrogen-bond donors (Lipinski definition) is 1. The van der Waals surface area contributed by atoms with Gasteiger partial charge in [0.15, 0.2) is 0 Å². The lowest BCUT2D eigenvalue weighted by Crippen LogP contribution is -2.06. The first kappa shape index (κ1) is 13.9. The molecule has 2 aromatic rings. The molecule has 0 saturated carbocycles. The second-order valence-corrected chi connectivity index (χ2v) is 5.36. The van der Waals surface area contributed by atoms with Gasteiger partial charge in [0.25, 0.3) is 0 Å². The summed E-state index contributed by atoms with van der Waals surface area (Å²) < 4.78 is 18.4. The van der Waals surface area contributed by atoms with E-state index in [9.17, 15) is 4.39 Å². The van der Waals surface area contributed by atoms with E-state index in [1.165, 1.54) is 12.1 Å². The molecule has 0 aromatic heterocycles. The number of methoxy groups -OCH3 is 1. The van der Waals surface area contributed by atoms with Crippen molar-refractivity contribution >= 4 is 11.8 Å². The normalized spacial score (nSPS) is 12.2. The van der Waals surface area contributed by atoms with E-state index in [1.54, 1.807) is 24.9 Å². The Balaban J connectivity index is 2.26. The molecule has 2 rings (SSSR count). The summed E-state index contributed by atoms with van der Waals surface area (Å²) in [5, 5.41) is 0. The van der Waals surface area contributed by atoms with E-state index in [2.05, 4.69) is 0 Å². The van der Waals surface area contributed by atoms with E-state index < -0.39 is 0 Å². The summed E-state index contributed by atoms with van der Waals surface area (Å²) in [5.41, 5.74) is 6.70. The van der Waals surface area contributed by atoms with Crippen LogP contribution in [0.5, 0.6) is 5.75 Å². The molecule has 4 heteroatoms. The second kappa shape index (κ2) is 6.08. The average molecular weight is 277 g/mol. The van der Waals surface area contributed by atoms with E-state index in [-0.39, 0.29) is 11.9 Å². The van der Waals surface area contributed by atoms with Crippen molar-refractivity contribution in [2.45, 2.75) is 22.8 Å². The van der Waals surface area contributed by atoms with E-state index in [0.717, 1.165) is 21.1 Å². The molecule has 0 aliphatic carbocycles. The topological polar surface area (TPSA) is 35.2 Å². The van der Waals surface area contributed by atoms with Crippen LogP contribution < -0.4 is 10.5 Å². The summed E-state index contributed by atoms with van der Waals surface area (Å²) in [7, 11) is 1.64. The number of halogens is 1. The Hall–Kier alpha value is -1.52. The van der Waals surface area contributed by atoms with Crippen molar-refractivity contribution in [3.8, 4) is 5.75 Å². The smallest absolute Gasteiger partial charge is 0.123 e. The molecule has 0 amide bonds. The first-order chi connectivity index (χ1) is 9.10. The van der Waals surface area contributed by atoms with Crippen molar-refractivity contribution in [2.75, 3.05) is 7.11 Å². The van der Waals surface area contributed by atoms with Crippen LogP contribution in [0.2, 0.25) is 0 Å². The van der Waals surface area contributed by atoms with Gasteiger partial charge in [-0.1, -0.05) is 11.8 Å². The maximum atomic E-state index is 13.3. The van der Waals surface area contributed by atoms with Crippen molar-refractivity contribution in [3.05, 3.63) is 53.8 Å². The number of rotatable bonds is 4. The average Bonchev–Trinajstić information content (AvgIpc) is 2.41. The Bertz CT molecular complexity index is 555. The molecule has 0 spiro atoms. The highest BCUT2D eigenvalue weighted by atomic mass is 32.2. The lowest BCUT2D eigenvalue weighted by Gasteiger charge is -2.12. The summed E-state index contributed by atoms with van der Waals surface area (Å²) in [6.07, 6.45) is 0. The fraction of sp³-hybridized carbons (Fsp3) is 0.200. The maximum absolute atomic E-state index is 13.3. The monoisotopic (exact) mass is 277 g/mol. The predicted molar refractivity (Wildman–Crippen MR) is 76.1 cm³/mol. The number of ether oxygens (including phenoxy) is 1. The third kappa shape index (κ3) is 3.49. The van der Waals surface area contributed by atoms with Crippen LogP contribution in [-0.2, 0) is 0 Å². The molecule has 0 aliphatic heterocycles. The van der Waals surface area contributed by atoms with Crippen LogP contribution in [0.15, 0.2) is 52.3 Å². The molecule has 1 atom stereocenters. The SMILES string of the molecule is COc1ccc(Sc2ccc(F)cc2[C@H](C)N)cc1. The third-order valence-electron chi connectivity index (χ3n) is 2.75. The van der Waals surface area contributed by atoms with Crippen LogP contribution in [0.4, 0.5) is 4.39 Å². The van der Waals surface area contributed by atoms with E-state index in [4.69, 9.17) is 10.5 Å². The van der Waals surface area contributed by atoms with Gasteiger partial charge in [0.2, 0.25) is 0 Å². The lowest BCUT2D eigenvalue weighted by molar-refractivity contribution is 0.414. The van der Waals surface area contributed by atoms with Crippen LogP contribution in [-0.4, -0.2) is 7.11 Å². The molecule has 19 heavy (non-hydrogen) atoms. The Kier molecular flexibility index (Phi) is 4.45. The van der Waals surface area contributed by atoms with Crippen LogP contribution in [0.3, 0.4) is 0 Å². The fourth-order valence-corrected chi connectivity index (χ4v) is 2.76. The minimum atomic E-state index is -0.258. The maximum Gasteiger partial charge on any atom is 0.123 e. The van der Waals surface area contributed by atoms with Crippen LogP contribution >= 0.6 is 11.8 Å². The lowest BCUT2D eigenvalue weighted by atomic mass is 10.1. The quantitative estimate of drug-likeness (QED) is 0.917.